The fourth-order valence-electron chi connectivity index (χ4n) is 2.31. The standard InChI is InChI=1S/C16H13Cl2N3O4S/c1-25-16(22)10-2-4-14(13(18)6-10)26(23,24)19-7-12-9-21-8-11(17)3-5-15(21)20-12/h2-6,8-9,19H,7H2,1H3. The van der Waals surface area contributed by atoms with Crippen molar-refractivity contribution in [2.24, 2.45) is 0 Å². The van der Waals surface area contributed by atoms with Crippen molar-refractivity contribution in [3.63, 3.8) is 0 Å². The molecule has 0 aliphatic carbocycles. The van der Waals surface area contributed by atoms with Crippen molar-refractivity contribution in [1.82, 2.24) is 14.1 Å². The number of methoxy groups -OCH3 is 1. The molecule has 0 saturated carbocycles. The van der Waals surface area contributed by atoms with Crippen LogP contribution in [0.25, 0.3) is 5.65 Å². The first kappa shape index (κ1) is 18.7. The number of ether oxygens (including phenoxy) is 1. The summed E-state index contributed by atoms with van der Waals surface area (Å²) in [6.07, 6.45) is 3.34. The quantitative estimate of drug-likeness (QED) is 0.649. The number of aromatic nitrogens is 2. The van der Waals surface area contributed by atoms with Gasteiger partial charge in [-0.3, -0.25) is 0 Å². The molecular formula is C16H13Cl2N3O4S. The second-order valence-electron chi connectivity index (χ2n) is 5.31. The smallest absolute Gasteiger partial charge is 0.337 e. The molecule has 0 aliphatic heterocycles. The van der Waals surface area contributed by atoms with Gasteiger partial charge in [-0.15, -0.1) is 0 Å². The van der Waals surface area contributed by atoms with E-state index in [4.69, 9.17) is 23.2 Å². The van der Waals surface area contributed by atoms with E-state index in [1.165, 1.54) is 25.3 Å². The van der Waals surface area contributed by atoms with Crippen molar-refractivity contribution in [3.8, 4) is 0 Å². The molecule has 0 atom stereocenters. The highest BCUT2D eigenvalue weighted by Gasteiger charge is 2.20. The van der Waals surface area contributed by atoms with Crippen LogP contribution in [0.3, 0.4) is 0 Å². The Kier molecular flexibility index (Phi) is 5.19. The number of nitrogens with zero attached hydrogens (tertiary/aromatic N) is 2. The summed E-state index contributed by atoms with van der Waals surface area (Å²) in [4.78, 5) is 15.6. The van der Waals surface area contributed by atoms with E-state index in [9.17, 15) is 13.2 Å². The average molecular weight is 414 g/mol. The molecule has 10 heteroatoms. The predicted octanol–water partition coefficient (Wildman–Crippen LogP) is 2.91. The summed E-state index contributed by atoms with van der Waals surface area (Å²) < 4.78 is 33.7. The van der Waals surface area contributed by atoms with Gasteiger partial charge in [0.25, 0.3) is 0 Å². The van der Waals surface area contributed by atoms with Gasteiger partial charge in [0, 0.05) is 12.4 Å². The maximum absolute atomic E-state index is 12.5. The Labute approximate surface area is 159 Å². The topological polar surface area (TPSA) is 89.8 Å². The number of halogens is 2. The van der Waals surface area contributed by atoms with E-state index in [-0.39, 0.29) is 22.0 Å². The fourth-order valence-corrected chi connectivity index (χ4v) is 4.02. The van der Waals surface area contributed by atoms with Gasteiger partial charge in [0.15, 0.2) is 0 Å². The molecule has 0 bridgehead atoms. The number of hydrogen-bond donors (Lipinski definition) is 1. The molecule has 0 unspecified atom stereocenters. The summed E-state index contributed by atoms with van der Waals surface area (Å²) in [6.45, 7) is -0.0310. The van der Waals surface area contributed by atoms with Gasteiger partial charge in [-0.05, 0) is 30.3 Å². The summed E-state index contributed by atoms with van der Waals surface area (Å²) in [7, 11) is -2.67. The molecule has 0 amide bonds. The Morgan fingerprint density at radius 3 is 2.69 bits per heavy atom. The lowest BCUT2D eigenvalue weighted by atomic mass is 10.2. The third-order valence-electron chi connectivity index (χ3n) is 3.55. The number of sulfonamides is 1. The van der Waals surface area contributed by atoms with Crippen molar-refractivity contribution >= 4 is 44.8 Å². The zero-order chi connectivity index (χ0) is 18.9. The van der Waals surface area contributed by atoms with Crippen molar-refractivity contribution < 1.29 is 17.9 Å². The van der Waals surface area contributed by atoms with Gasteiger partial charge in [-0.25, -0.2) is 22.9 Å². The number of nitrogens with one attached hydrogen (secondary N) is 1. The number of imidazole rings is 1. The molecule has 0 radical (unpaired) electrons. The molecule has 0 fully saturated rings. The second kappa shape index (κ2) is 7.24. The van der Waals surface area contributed by atoms with Crippen LogP contribution in [-0.4, -0.2) is 30.9 Å². The SMILES string of the molecule is COC(=O)c1ccc(S(=O)(=O)NCc2cn3cc(Cl)ccc3n2)c(Cl)c1. The lowest BCUT2D eigenvalue weighted by Crippen LogP contribution is -2.23. The zero-order valence-electron chi connectivity index (χ0n) is 13.4. The van der Waals surface area contributed by atoms with Crippen LogP contribution >= 0.6 is 23.2 Å². The maximum atomic E-state index is 12.5. The fraction of sp³-hybridized carbons (Fsp3) is 0.125. The van der Waals surface area contributed by atoms with Crippen molar-refractivity contribution in [2.75, 3.05) is 7.11 Å². The Morgan fingerprint density at radius 1 is 1.23 bits per heavy atom. The largest absolute Gasteiger partial charge is 0.465 e. The Hall–Kier alpha value is -2.13. The van der Waals surface area contributed by atoms with Crippen LogP contribution in [0.1, 0.15) is 16.1 Å². The van der Waals surface area contributed by atoms with E-state index < -0.39 is 16.0 Å². The van der Waals surface area contributed by atoms with Crippen LogP contribution in [0, 0.1) is 0 Å². The minimum Gasteiger partial charge on any atom is -0.465 e. The lowest BCUT2D eigenvalue weighted by Gasteiger charge is -2.08. The zero-order valence-corrected chi connectivity index (χ0v) is 15.8. The minimum atomic E-state index is -3.89. The lowest BCUT2D eigenvalue weighted by molar-refractivity contribution is 0.0600. The van der Waals surface area contributed by atoms with Gasteiger partial charge in [0.05, 0.1) is 35.0 Å². The number of pyridine rings is 1. The number of esters is 1. The number of carbonyl (C=O) groups is 1. The molecule has 0 aliphatic rings. The van der Waals surface area contributed by atoms with Crippen molar-refractivity contribution in [2.45, 2.75) is 11.4 Å². The predicted molar refractivity (Wildman–Crippen MR) is 97.0 cm³/mol. The number of carbonyl (C=O) groups excluding carboxylic acids is 1. The molecule has 136 valence electrons. The molecule has 1 N–H and O–H groups in total. The summed E-state index contributed by atoms with van der Waals surface area (Å²) in [5.41, 5.74) is 1.32. The molecule has 0 spiro atoms. The van der Waals surface area contributed by atoms with Crippen LogP contribution in [0.2, 0.25) is 10.0 Å². The summed E-state index contributed by atoms with van der Waals surface area (Å²) in [5, 5.41) is 0.460. The number of hydrogen-bond acceptors (Lipinski definition) is 5. The van der Waals surface area contributed by atoms with Crippen molar-refractivity contribution in [3.05, 3.63) is 64.0 Å². The van der Waals surface area contributed by atoms with Gasteiger partial charge in [-0.1, -0.05) is 23.2 Å². The molecule has 2 aromatic heterocycles. The maximum Gasteiger partial charge on any atom is 0.337 e. The normalized spacial score (nSPS) is 11.7. The Bertz CT molecular complexity index is 1100. The van der Waals surface area contributed by atoms with E-state index in [1.807, 2.05) is 0 Å². The highest BCUT2D eigenvalue weighted by atomic mass is 35.5. The first-order valence-electron chi connectivity index (χ1n) is 7.31. The van der Waals surface area contributed by atoms with Crippen LogP contribution in [0.5, 0.6) is 0 Å². The van der Waals surface area contributed by atoms with Gasteiger partial charge in [0.1, 0.15) is 10.5 Å². The van der Waals surface area contributed by atoms with E-state index in [0.717, 1.165) is 0 Å². The summed E-state index contributed by atoms with van der Waals surface area (Å²) in [6, 6.07) is 7.25. The van der Waals surface area contributed by atoms with Gasteiger partial charge in [0.2, 0.25) is 10.0 Å². The number of benzene rings is 1. The molecule has 3 aromatic rings. The third kappa shape index (κ3) is 3.83. The molecule has 26 heavy (non-hydrogen) atoms. The van der Waals surface area contributed by atoms with E-state index in [1.54, 1.807) is 28.9 Å². The second-order valence-corrected chi connectivity index (χ2v) is 7.89. The molecule has 2 heterocycles. The Morgan fingerprint density at radius 2 is 2.00 bits per heavy atom. The molecule has 1 aromatic carbocycles. The van der Waals surface area contributed by atoms with E-state index >= 15 is 0 Å². The van der Waals surface area contributed by atoms with Gasteiger partial charge in [-0.2, -0.15) is 0 Å². The van der Waals surface area contributed by atoms with Gasteiger partial charge >= 0.3 is 5.97 Å². The first-order chi connectivity index (χ1) is 12.3. The number of fused-ring (bicyclic) bond motifs is 1. The number of rotatable bonds is 5. The molecular weight excluding hydrogens is 401 g/mol. The summed E-state index contributed by atoms with van der Waals surface area (Å²) in [5.74, 6) is -0.604. The monoisotopic (exact) mass is 413 g/mol. The Balaban J connectivity index is 1.80. The van der Waals surface area contributed by atoms with Crippen LogP contribution in [0.15, 0.2) is 47.6 Å². The first-order valence-corrected chi connectivity index (χ1v) is 9.55. The highest BCUT2D eigenvalue weighted by molar-refractivity contribution is 7.89. The highest BCUT2D eigenvalue weighted by Crippen LogP contribution is 2.23. The van der Waals surface area contributed by atoms with Crippen LogP contribution in [0.4, 0.5) is 0 Å². The molecule has 0 saturated heterocycles. The molecule has 7 nitrogen and oxygen atoms in total. The van der Waals surface area contributed by atoms with Crippen LogP contribution in [-0.2, 0) is 21.3 Å². The average Bonchev–Trinajstić information content (AvgIpc) is 3.01. The van der Waals surface area contributed by atoms with Gasteiger partial charge < -0.3 is 9.14 Å². The van der Waals surface area contributed by atoms with E-state index in [0.29, 0.717) is 16.4 Å². The van der Waals surface area contributed by atoms with Crippen molar-refractivity contribution in [1.29, 1.82) is 0 Å². The third-order valence-corrected chi connectivity index (χ3v) is 5.66. The molecule has 3 rings (SSSR count). The minimum absolute atomic E-state index is 0.0310. The van der Waals surface area contributed by atoms with Crippen LogP contribution < -0.4 is 4.72 Å². The summed E-state index contributed by atoms with van der Waals surface area (Å²) >= 11 is 11.9. The van der Waals surface area contributed by atoms with E-state index in [2.05, 4.69) is 14.4 Å².